The van der Waals surface area contributed by atoms with Crippen molar-refractivity contribution in [3.63, 3.8) is 0 Å². The van der Waals surface area contributed by atoms with Crippen LogP contribution in [0.25, 0.3) is 16.8 Å². The van der Waals surface area contributed by atoms with Crippen LogP contribution < -0.4 is 4.90 Å². The van der Waals surface area contributed by atoms with Crippen molar-refractivity contribution in [2.75, 3.05) is 19.0 Å². The largest absolute Gasteiger partial charge is 0.363 e. The predicted octanol–water partition coefficient (Wildman–Crippen LogP) is 2.62. The lowest BCUT2D eigenvalue weighted by atomic mass is 10.1. The van der Waals surface area contributed by atoms with Crippen molar-refractivity contribution in [3.8, 4) is 11.1 Å². The first-order chi connectivity index (χ1) is 9.15. The molecule has 96 valence electrons. The number of nitrogens with zero attached hydrogens (tertiary/aromatic N) is 5. The number of hydrogen-bond donors (Lipinski definition) is 0. The predicted molar refractivity (Wildman–Crippen MR) is 78.2 cm³/mol. The molecule has 19 heavy (non-hydrogen) atoms. The molecule has 0 unspecified atom stereocenters. The van der Waals surface area contributed by atoms with Gasteiger partial charge in [0.05, 0.1) is 12.4 Å². The normalized spacial score (nSPS) is 10.9. The second-order valence-corrected chi connectivity index (χ2v) is 5.21. The number of aromatic nitrogens is 4. The Labute approximate surface area is 119 Å². The van der Waals surface area contributed by atoms with E-state index in [1.807, 2.05) is 49.6 Å². The quantitative estimate of drug-likeness (QED) is 0.729. The van der Waals surface area contributed by atoms with E-state index >= 15 is 0 Å². The highest BCUT2D eigenvalue weighted by atomic mass is 79.9. The minimum absolute atomic E-state index is 0.807. The van der Waals surface area contributed by atoms with E-state index in [1.165, 1.54) is 0 Å². The van der Waals surface area contributed by atoms with Gasteiger partial charge < -0.3 is 4.90 Å². The van der Waals surface area contributed by atoms with Crippen LogP contribution in [0.2, 0.25) is 0 Å². The summed E-state index contributed by atoms with van der Waals surface area (Å²) in [6.45, 7) is 0. The van der Waals surface area contributed by atoms with Crippen molar-refractivity contribution in [3.05, 3.63) is 41.4 Å². The molecule has 3 rings (SSSR count). The SMILES string of the molecule is CN(C)c1ccc(-c2cnn3c(Br)cnc3c2)cn1. The van der Waals surface area contributed by atoms with Gasteiger partial charge in [0.1, 0.15) is 10.4 Å². The van der Waals surface area contributed by atoms with E-state index in [4.69, 9.17) is 0 Å². The van der Waals surface area contributed by atoms with Gasteiger partial charge in [-0.25, -0.2) is 14.5 Å². The Bertz CT molecular complexity index is 717. The van der Waals surface area contributed by atoms with E-state index < -0.39 is 0 Å². The number of rotatable bonds is 2. The molecule has 0 radical (unpaired) electrons. The van der Waals surface area contributed by atoms with Crippen LogP contribution in [0.15, 0.2) is 41.4 Å². The monoisotopic (exact) mass is 317 g/mol. The minimum atomic E-state index is 0.807. The average molecular weight is 318 g/mol. The Kier molecular flexibility index (Phi) is 2.94. The van der Waals surface area contributed by atoms with Crippen LogP contribution in [0.4, 0.5) is 5.82 Å². The van der Waals surface area contributed by atoms with E-state index in [0.29, 0.717) is 0 Å². The lowest BCUT2D eigenvalue weighted by molar-refractivity contribution is 0.917. The topological polar surface area (TPSA) is 46.3 Å². The maximum atomic E-state index is 4.40. The molecule has 0 atom stereocenters. The van der Waals surface area contributed by atoms with Crippen molar-refractivity contribution in [2.45, 2.75) is 0 Å². The van der Waals surface area contributed by atoms with Crippen molar-refractivity contribution in [2.24, 2.45) is 0 Å². The van der Waals surface area contributed by atoms with Crippen LogP contribution in [0, 0.1) is 0 Å². The average Bonchev–Trinajstić information content (AvgIpc) is 2.80. The summed E-state index contributed by atoms with van der Waals surface area (Å²) in [5.41, 5.74) is 2.84. The molecule has 0 aliphatic heterocycles. The van der Waals surface area contributed by atoms with Crippen LogP contribution in [-0.4, -0.2) is 33.7 Å². The molecule has 0 spiro atoms. The van der Waals surface area contributed by atoms with Gasteiger partial charge in [-0.05, 0) is 34.1 Å². The highest BCUT2D eigenvalue weighted by Crippen LogP contribution is 2.21. The molecule has 3 aromatic rings. The summed E-state index contributed by atoms with van der Waals surface area (Å²) >= 11 is 3.39. The summed E-state index contributed by atoms with van der Waals surface area (Å²) in [6, 6.07) is 6.01. The van der Waals surface area contributed by atoms with Crippen molar-refractivity contribution >= 4 is 27.4 Å². The molecular formula is C13H12BrN5. The molecule has 0 saturated heterocycles. The Morgan fingerprint density at radius 3 is 2.58 bits per heavy atom. The molecule has 0 amide bonds. The Morgan fingerprint density at radius 1 is 1.05 bits per heavy atom. The summed E-state index contributed by atoms with van der Waals surface area (Å²) in [4.78, 5) is 10.6. The highest BCUT2D eigenvalue weighted by Gasteiger charge is 2.05. The first-order valence-corrected chi connectivity index (χ1v) is 6.57. The van der Waals surface area contributed by atoms with E-state index in [-0.39, 0.29) is 0 Å². The number of anilines is 1. The van der Waals surface area contributed by atoms with Gasteiger partial charge in [0.2, 0.25) is 0 Å². The van der Waals surface area contributed by atoms with Gasteiger partial charge in [-0.2, -0.15) is 5.10 Å². The molecule has 0 bridgehead atoms. The van der Waals surface area contributed by atoms with Gasteiger partial charge >= 0.3 is 0 Å². The van der Waals surface area contributed by atoms with Gasteiger partial charge in [-0.3, -0.25) is 0 Å². The minimum Gasteiger partial charge on any atom is -0.363 e. The lowest BCUT2D eigenvalue weighted by Crippen LogP contribution is -2.10. The highest BCUT2D eigenvalue weighted by molar-refractivity contribution is 9.10. The first-order valence-electron chi connectivity index (χ1n) is 5.78. The Morgan fingerprint density at radius 2 is 1.89 bits per heavy atom. The summed E-state index contributed by atoms with van der Waals surface area (Å²) in [5.74, 6) is 0.932. The second-order valence-electron chi connectivity index (χ2n) is 4.39. The molecule has 3 aromatic heterocycles. The summed E-state index contributed by atoms with van der Waals surface area (Å²) < 4.78 is 2.58. The molecule has 0 saturated carbocycles. The number of pyridine rings is 1. The molecule has 0 N–H and O–H groups in total. The van der Waals surface area contributed by atoms with Crippen LogP contribution in [-0.2, 0) is 0 Å². The zero-order chi connectivity index (χ0) is 13.4. The molecule has 0 aliphatic carbocycles. The zero-order valence-corrected chi connectivity index (χ0v) is 12.2. The van der Waals surface area contributed by atoms with E-state index in [0.717, 1.165) is 27.2 Å². The number of halogens is 1. The summed E-state index contributed by atoms with van der Waals surface area (Å²) in [6.07, 6.45) is 5.39. The van der Waals surface area contributed by atoms with Crippen LogP contribution in [0.3, 0.4) is 0 Å². The number of imidazole rings is 1. The van der Waals surface area contributed by atoms with E-state index in [2.05, 4.69) is 31.0 Å². The van der Waals surface area contributed by atoms with Crippen molar-refractivity contribution < 1.29 is 0 Å². The van der Waals surface area contributed by atoms with Gasteiger partial charge in [-0.15, -0.1) is 0 Å². The molecule has 3 heterocycles. The Hall–Kier alpha value is -1.95. The summed E-state index contributed by atoms with van der Waals surface area (Å²) in [7, 11) is 3.94. The smallest absolute Gasteiger partial charge is 0.155 e. The van der Waals surface area contributed by atoms with Gasteiger partial charge in [0.25, 0.3) is 0 Å². The van der Waals surface area contributed by atoms with Gasteiger partial charge in [-0.1, -0.05) is 0 Å². The van der Waals surface area contributed by atoms with E-state index in [1.54, 1.807) is 10.7 Å². The third-order valence-electron chi connectivity index (χ3n) is 2.86. The first kappa shape index (κ1) is 12.1. The molecule has 6 heteroatoms. The molecule has 0 aromatic carbocycles. The van der Waals surface area contributed by atoms with Crippen molar-refractivity contribution in [1.29, 1.82) is 0 Å². The van der Waals surface area contributed by atoms with E-state index in [9.17, 15) is 0 Å². The lowest BCUT2D eigenvalue weighted by Gasteiger charge is -2.11. The number of fused-ring (bicyclic) bond motifs is 1. The van der Waals surface area contributed by atoms with Crippen LogP contribution in [0.5, 0.6) is 0 Å². The maximum absolute atomic E-state index is 4.40. The van der Waals surface area contributed by atoms with Crippen molar-refractivity contribution in [1.82, 2.24) is 19.6 Å². The zero-order valence-electron chi connectivity index (χ0n) is 10.6. The molecule has 0 aliphatic rings. The second kappa shape index (κ2) is 4.62. The molecule has 0 fully saturated rings. The molecule has 5 nitrogen and oxygen atoms in total. The fraction of sp³-hybridized carbons (Fsp3) is 0.154. The van der Waals surface area contributed by atoms with Gasteiger partial charge in [0, 0.05) is 31.4 Å². The fourth-order valence-electron chi connectivity index (χ4n) is 1.83. The fourth-order valence-corrected chi connectivity index (χ4v) is 2.20. The third kappa shape index (κ3) is 2.19. The molecular weight excluding hydrogens is 306 g/mol. The van der Waals surface area contributed by atoms with Crippen LogP contribution in [0.1, 0.15) is 0 Å². The van der Waals surface area contributed by atoms with Crippen LogP contribution >= 0.6 is 15.9 Å². The number of hydrogen-bond acceptors (Lipinski definition) is 4. The van der Waals surface area contributed by atoms with Gasteiger partial charge in [0.15, 0.2) is 5.65 Å². The standard InChI is InChI=1S/C13H12BrN5/c1-18(2)12-4-3-9(6-15-12)10-5-13-16-8-11(14)19(13)17-7-10/h3-8H,1-2H3. The maximum Gasteiger partial charge on any atom is 0.155 e. The third-order valence-corrected chi connectivity index (χ3v) is 3.40. The Balaban J connectivity index is 2.03. The summed E-state index contributed by atoms with van der Waals surface area (Å²) in [5, 5.41) is 4.34.